The third-order valence-electron chi connectivity index (χ3n) is 3.39. The van der Waals surface area contributed by atoms with Crippen LogP contribution in [0.5, 0.6) is 0 Å². The normalized spacial score (nSPS) is 12.0. The third kappa shape index (κ3) is 2.26. The molecule has 1 unspecified atom stereocenters. The standard InChI is InChI=1S/C17H14N2S/c1-12(17-7-4-10-20-17)19-16-9-8-13(11-18)14-5-2-3-6-15(14)16/h2-10,12,19H,1H3. The van der Waals surface area contributed by atoms with Gasteiger partial charge >= 0.3 is 0 Å². The van der Waals surface area contributed by atoms with E-state index in [2.05, 4.69) is 41.9 Å². The van der Waals surface area contributed by atoms with E-state index in [-0.39, 0.29) is 6.04 Å². The van der Waals surface area contributed by atoms with Crippen LogP contribution in [0.1, 0.15) is 23.4 Å². The summed E-state index contributed by atoms with van der Waals surface area (Å²) >= 11 is 1.75. The molecule has 0 saturated carbocycles. The van der Waals surface area contributed by atoms with Crippen molar-refractivity contribution < 1.29 is 0 Å². The van der Waals surface area contributed by atoms with Crippen molar-refractivity contribution in [2.45, 2.75) is 13.0 Å². The smallest absolute Gasteiger partial charge is 0.0998 e. The lowest BCUT2D eigenvalue weighted by Crippen LogP contribution is -2.05. The molecule has 20 heavy (non-hydrogen) atoms. The molecule has 3 heteroatoms. The Labute approximate surface area is 122 Å². The summed E-state index contributed by atoms with van der Waals surface area (Å²) in [6.07, 6.45) is 0. The predicted octanol–water partition coefficient (Wildman–Crippen LogP) is 4.95. The molecule has 2 nitrogen and oxygen atoms in total. The molecule has 0 fully saturated rings. The third-order valence-corrected chi connectivity index (χ3v) is 4.44. The van der Waals surface area contributed by atoms with Gasteiger partial charge in [-0.05, 0) is 30.5 Å². The van der Waals surface area contributed by atoms with E-state index in [0.29, 0.717) is 0 Å². The number of fused-ring (bicyclic) bond motifs is 1. The predicted molar refractivity (Wildman–Crippen MR) is 85.0 cm³/mol. The van der Waals surface area contributed by atoms with Gasteiger partial charge in [-0.25, -0.2) is 0 Å². The van der Waals surface area contributed by atoms with Gasteiger partial charge in [0.2, 0.25) is 0 Å². The van der Waals surface area contributed by atoms with E-state index < -0.39 is 0 Å². The maximum absolute atomic E-state index is 9.19. The zero-order valence-corrected chi connectivity index (χ0v) is 11.9. The fraction of sp³-hybridized carbons (Fsp3) is 0.118. The molecule has 98 valence electrons. The number of hydrogen-bond acceptors (Lipinski definition) is 3. The largest absolute Gasteiger partial charge is 0.377 e. The van der Waals surface area contributed by atoms with Gasteiger partial charge in [-0.2, -0.15) is 5.26 Å². The molecule has 0 aliphatic rings. The molecule has 1 N–H and O–H groups in total. The summed E-state index contributed by atoms with van der Waals surface area (Å²) in [4.78, 5) is 1.30. The van der Waals surface area contributed by atoms with Gasteiger partial charge < -0.3 is 5.32 Å². The average molecular weight is 278 g/mol. The summed E-state index contributed by atoms with van der Waals surface area (Å²) in [7, 11) is 0. The summed E-state index contributed by atoms with van der Waals surface area (Å²) < 4.78 is 0. The van der Waals surface area contributed by atoms with Crippen LogP contribution in [-0.4, -0.2) is 0 Å². The summed E-state index contributed by atoms with van der Waals surface area (Å²) in [6.45, 7) is 2.15. The number of anilines is 1. The molecule has 0 aliphatic carbocycles. The van der Waals surface area contributed by atoms with Crippen LogP contribution in [0, 0.1) is 11.3 Å². The second-order valence-electron chi connectivity index (χ2n) is 4.70. The minimum atomic E-state index is 0.256. The van der Waals surface area contributed by atoms with E-state index >= 15 is 0 Å². The van der Waals surface area contributed by atoms with Gasteiger partial charge in [0, 0.05) is 21.3 Å². The summed E-state index contributed by atoms with van der Waals surface area (Å²) in [5, 5.41) is 16.9. The Morgan fingerprint density at radius 2 is 1.85 bits per heavy atom. The number of thiophene rings is 1. The Bertz CT molecular complexity index is 769. The molecule has 1 heterocycles. The zero-order valence-electron chi connectivity index (χ0n) is 11.1. The highest BCUT2D eigenvalue weighted by atomic mass is 32.1. The molecule has 0 aliphatic heterocycles. The maximum atomic E-state index is 9.19. The topological polar surface area (TPSA) is 35.8 Å². The van der Waals surface area contributed by atoms with Gasteiger partial charge in [0.05, 0.1) is 17.7 Å². The van der Waals surface area contributed by atoms with Gasteiger partial charge in [-0.15, -0.1) is 11.3 Å². The Hall–Kier alpha value is -2.31. The first kappa shape index (κ1) is 12.7. The highest BCUT2D eigenvalue weighted by Gasteiger charge is 2.10. The van der Waals surface area contributed by atoms with Gasteiger partial charge in [-0.1, -0.05) is 30.3 Å². The molecular weight excluding hydrogens is 264 g/mol. The van der Waals surface area contributed by atoms with Gasteiger partial charge in [0.15, 0.2) is 0 Å². The molecule has 1 aromatic heterocycles. The minimum Gasteiger partial charge on any atom is -0.377 e. The molecule has 3 aromatic rings. The lowest BCUT2D eigenvalue weighted by atomic mass is 10.0. The molecular formula is C17H14N2S. The number of nitrogens with zero attached hydrogens (tertiary/aromatic N) is 1. The molecule has 0 amide bonds. The van der Waals surface area contributed by atoms with Crippen molar-refractivity contribution in [1.29, 1.82) is 5.26 Å². The van der Waals surface area contributed by atoms with Crippen LogP contribution in [0.15, 0.2) is 53.9 Å². The first-order valence-electron chi connectivity index (χ1n) is 6.51. The monoisotopic (exact) mass is 278 g/mol. The fourth-order valence-electron chi connectivity index (χ4n) is 2.36. The van der Waals surface area contributed by atoms with Crippen LogP contribution in [-0.2, 0) is 0 Å². The molecule has 0 spiro atoms. The van der Waals surface area contributed by atoms with Crippen LogP contribution in [0.3, 0.4) is 0 Å². The number of hydrogen-bond donors (Lipinski definition) is 1. The number of nitrogens with one attached hydrogen (secondary N) is 1. The van der Waals surface area contributed by atoms with E-state index in [4.69, 9.17) is 0 Å². The molecule has 0 radical (unpaired) electrons. The molecule has 3 rings (SSSR count). The lowest BCUT2D eigenvalue weighted by molar-refractivity contribution is 0.910. The van der Waals surface area contributed by atoms with Crippen LogP contribution >= 0.6 is 11.3 Å². The average Bonchev–Trinajstić information content (AvgIpc) is 3.02. The van der Waals surface area contributed by atoms with E-state index in [1.807, 2.05) is 30.3 Å². The quantitative estimate of drug-likeness (QED) is 0.736. The van der Waals surface area contributed by atoms with E-state index in [9.17, 15) is 5.26 Å². The van der Waals surface area contributed by atoms with Crippen molar-refractivity contribution in [3.8, 4) is 6.07 Å². The summed E-state index contributed by atoms with van der Waals surface area (Å²) in [6, 6.07) is 18.6. The Morgan fingerprint density at radius 3 is 2.55 bits per heavy atom. The first-order chi connectivity index (χ1) is 9.79. The van der Waals surface area contributed by atoms with E-state index in [0.717, 1.165) is 22.0 Å². The van der Waals surface area contributed by atoms with Gasteiger partial charge in [0.1, 0.15) is 0 Å². The van der Waals surface area contributed by atoms with Crippen LogP contribution in [0.2, 0.25) is 0 Å². The van der Waals surface area contributed by atoms with Crippen LogP contribution < -0.4 is 5.32 Å². The zero-order chi connectivity index (χ0) is 13.9. The molecule has 1 atom stereocenters. The van der Waals surface area contributed by atoms with Crippen LogP contribution in [0.25, 0.3) is 10.8 Å². The molecule has 0 bridgehead atoms. The molecule has 2 aromatic carbocycles. The molecule has 0 saturated heterocycles. The second kappa shape index (κ2) is 5.36. The van der Waals surface area contributed by atoms with Crippen molar-refractivity contribution >= 4 is 27.8 Å². The number of rotatable bonds is 3. The van der Waals surface area contributed by atoms with E-state index in [1.54, 1.807) is 11.3 Å². The SMILES string of the molecule is CC(Nc1ccc(C#N)c2ccccc12)c1cccs1. The van der Waals surface area contributed by atoms with Crippen molar-refractivity contribution in [1.82, 2.24) is 0 Å². The first-order valence-corrected chi connectivity index (χ1v) is 7.39. The lowest BCUT2D eigenvalue weighted by Gasteiger charge is -2.16. The second-order valence-corrected chi connectivity index (χ2v) is 5.68. The minimum absolute atomic E-state index is 0.256. The van der Waals surface area contributed by atoms with Crippen molar-refractivity contribution in [2.24, 2.45) is 0 Å². The van der Waals surface area contributed by atoms with E-state index in [1.165, 1.54) is 4.88 Å². The van der Waals surface area contributed by atoms with Crippen molar-refractivity contribution in [2.75, 3.05) is 5.32 Å². The van der Waals surface area contributed by atoms with Crippen molar-refractivity contribution in [3.63, 3.8) is 0 Å². The maximum Gasteiger partial charge on any atom is 0.0998 e. The number of nitriles is 1. The highest BCUT2D eigenvalue weighted by Crippen LogP contribution is 2.30. The highest BCUT2D eigenvalue weighted by molar-refractivity contribution is 7.10. The summed E-state index contributed by atoms with van der Waals surface area (Å²) in [5.74, 6) is 0. The Morgan fingerprint density at radius 1 is 1.05 bits per heavy atom. The van der Waals surface area contributed by atoms with Crippen molar-refractivity contribution in [3.05, 3.63) is 64.4 Å². The Balaban J connectivity index is 2.03. The van der Waals surface area contributed by atoms with Gasteiger partial charge in [-0.3, -0.25) is 0 Å². The number of benzene rings is 2. The fourth-order valence-corrected chi connectivity index (χ4v) is 3.10. The Kier molecular flexibility index (Phi) is 3.41. The summed E-state index contributed by atoms with van der Waals surface area (Å²) in [5.41, 5.74) is 1.79. The van der Waals surface area contributed by atoms with Gasteiger partial charge in [0.25, 0.3) is 0 Å². The van der Waals surface area contributed by atoms with Crippen LogP contribution in [0.4, 0.5) is 5.69 Å².